The van der Waals surface area contributed by atoms with E-state index in [1.165, 1.54) is 0 Å². The third kappa shape index (κ3) is 2.86. The lowest BCUT2D eigenvalue weighted by molar-refractivity contribution is -0.141. The largest absolute Gasteiger partial charge is 0.370 e. The summed E-state index contributed by atoms with van der Waals surface area (Å²) >= 11 is 0. The number of carbonyl (C=O) groups excluding carboxylic acids is 1. The maximum Gasteiger partial charge on any atom is 0.224 e. The SMILES string of the molecule is NC1(CC(=O)N2CCOC(c3ccccc3)C2)CCC1. The number of nitrogens with zero attached hydrogens (tertiary/aromatic N) is 1. The molecule has 108 valence electrons. The van der Waals surface area contributed by atoms with Crippen LogP contribution in [0.2, 0.25) is 0 Å². The van der Waals surface area contributed by atoms with E-state index < -0.39 is 0 Å². The molecule has 3 rings (SSSR count). The van der Waals surface area contributed by atoms with Gasteiger partial charge in [0, 0.05) is 18.5 Å². The summed E-state index contributed by atoms with van der Waals surface area (Å²) in [6.45, 7) is 1.92. The molecule has 1 amide bonds. The highest BCUT2D eigenvalue weighted by atomic mass is 16.5. The summed E-state index contributed by atoms with van der Waals surface area (Å²) in [5, 5.41) is 0. The minimum Gasteiger partial charge on any atom is -0.370 e. The lowest BCUT2D eigenvalue weighted by Gasteiger charge is -2.40. The zero-order valence-corrected chi connectivity index (χ0v) is 11.8. The van der Waals surface area contributed by atoms with Gasteiger partial charge in [0.15, 0.2) is 0 Å². The van der Waals surface area contributed by atoms with Crippen LogP contribution in [0.25, 0.3) is 0 Å². The van der Waals surface area contributed by atoms with Crippen molar-refractivity contribution < 1.29 is 9.53 Å². The lowest BCUT2D eigenvalue weighted by atomic mass is 9.75. The first-order chi connectivity index (χ1) is 9.66. The molecule has 2 fully saturated rings. The molecule has 0 spiro atoms. The lowest BCUT2D eigenvalue weighted by Crippen LogP contribution is -2.52. The van der Waals surface area contributed by atoms with E-state index in [0.29, 0.717) is 26.1 Å². The van der Waals surface area contributed by atoms with Gasteiger partial charge in [-0.2, -0.15) is 0 Å². The summed E-state index contributed by atoms with van der Waals surface area (Å²) in [5.41, 5.74) is 7.07. The van der Waals surface area contributed by atoms with Crippen LogP contribution in [0.15, 0.2) is 30.3 Å². The van der Waals surface area contributed by atoms with Crippen LogP contribution in [-0.2, 0) is 9.53 Å². The monoisotopic (exact) mass is 274 g/mol. The van der Waals surface area contributed by atoms with Crippen molar-refractivity contribution in [1.82, 2.24) is 4.90 Å². The maximum atomic E-state index is 12.4. The maximum absolute atomic E-state index is 12.4. The molecule has 1 aromatic carbocycles. The Bertz CT molecular complexity index is 471. The van der Waals surface area contributed by atoms with Crippen LogP contribution < -0.4 is 5.73 Å². The number of hydrogen-bond donors (Lipinski definition) is 1. The zero-order valence-electron chi connectivity index (χ0n) is 11.8. The summed E-state index contributed by atoms with van der Waals surface area (Å²) < 4.78 is 5.79. The van der Waals surface area contributed by atoms with Crippen molar-refractivity contribution in [2.75, 3.05) is 19.7 Å². The zero-order chi connectivity index (χ0) is 14.0. The van der Waals surface area contributed by atoms with Crippen molar-refractivity contribution in [3.05, 3.63) is 35.9 Å². The molecule has 2 aliphatic rings. The first kappa shape index (κ1) is 13.6. The first-order valence-corrected chi connectivity index (χ1v) is 7.40. The second kappa shape index (κ2) is 5.54. The van der Waals surface area contributed by atoms with Gasteiger partial charge >= 0.3 is 0 Å². The molecule has 2 N–H and O–H groups in total. The van der Waals surface area contributed by atoms with Gasteiger partial charge in [0.1, 0.15) is 6.10 Å². The molecule has 1 atom stereocenters. The number of amides is 1. The molecule has 0 bridgehead atoms. The number of hydrogen-bond acceptors (Lipinski definition) is 3. The van der Waals surface area contributed by atoms with Crippen LogP contribution in [0, 0.1) is 0 Å². The summed E-state index contributed by atoms with van der Waals surface area (Å²) in [4.78, 5) is 14.3. The van der Waals surface area contributed by atoms with E-state index >= 15 is 0 Å². The molecule has 0 radical (unpaired) electrons. The molecule has 4 heteroatoms. The van der Waals surface area contributed by atoms with Crippen LogP contribution in [0.5, 0.6) is 0 Å². The third-order valence-corrected chi connectivity index (χ3v) is 4.44. The second-order valence-electron chi connectivity index (χ2n) is 6.00. The molecule has 1 saturated heterocycles. The van der Waals surface area contributed by atoms with Crippen LogP contribution in [0.1, 0.15) is 37.4 Å². The highest BCUT2D eigenvalue weighted by Crippen LogP contribution is 2.33. The molecule has 1 aromatic rings. The van der Waals surface area contributed by atoms with E-state index in [2.05, 4.69) is 12.1 Å². The minimum atomic E-state index is -0.238. The smallest absolute Gasteiger partial charge is 0.224 e. The molecule has 1 saturated carbocycles. The van der Waals surface area contributed by atoms with Crippen molar-refractivity contribution in [2.45, 2.75) is 37.3 Å². The Morgan fingerprint density at radius 1 is 1.35 bits per heavy atom. The standard InChI is InChI=1S/C16H22N2O2/c17-16(7-4-8-16)11-15(19)18-9-10-20-14(12-18)13-5-2-1-3-6-13/h1-3,5-6,14H,4,7-12,17H2. The number of nitrogens with two attached hydrogens (primary N) is 1. The molecule has 20 heavy (non-hydrogen) atoms. The Morgan fingerprint density at radius 2 is 2.10 bits per heavy atom. The van der Waals surface area contributed by atoms with Gasteiger partial charge in [-0.05, 0) is 24.8 Å². The van der Waals surface area contributed by atoms with Gasteiger partial charge < -0.3 is 15.4 Å². The molecule has 1 aliphatic heterocycles. The van der Waals surface area contributed by atoms with Crippen molar-refractivity contribution in [2.24, 2.45) is 5.73 Å². The van der Waals surface area contributed by atoms with E-state index in [4.69, 9.17) is 10.5 Å². The number of benzene rings is 1. The van der Waals surface area contributed by atoms with Gasteiger partial charge in [-0.1, -0.05) is 30.3 Å². The number of morpholine rings is 1. The van der Waals surface area contributed by atoms with E-state index in [-0.39, 0.29) is 17.6 Å². The van der Waals surface area contributed by atoms with Crippen molar-refractivity contribution in [3.8, 4) is 0 Å². The quantitative estimate of drug-likeness (QED) is 0.915. The van der Waals surface area contributed by atoms with E-state index in [1.807, 2.05) is 23.1 Å². The van der Waals surface area contributed by atoms with Crippen LogP contribution in [0.3, 0.4) is 0 Å². The Hall–Kier alpha value is -1.39. The Kier molecular flexibility index (Phi) is 3.76. The summed E-state index contributed by atoms with van der Waals surface area (Å²) in [6.07, 6.45) is 3.58. The Labute approximate surface area is 119 Å². The molecule has 0 aromatic heterocycles. The first-order valence-electron chi connectivity index (χ1n) is 7.40. The predicted molar refractivity (Wildman–Crippen MR) is 77.1 cm³/mol. The van der Waals surface area contributed by atoms with E-state index in [9.17, 15) is 4.79 Å². The fourth-order valence-electron chi connectivity index (χ4n) is 2.97. The van der Waals surface area contributed by atoms with Crippen LogP contribution in [-0.4, -0.2) is 36.0 Å². The van der Waals surface area contributed by atoms with Crippen molar-refractivity contribution in [3.63, 3.8) is 0 Å². The fourth-order valence-corrected chi connectivity index (χ4v) is 2.97. The normalized spacial score (nSPS) is 25.1. The second-order valence-corrected chi connectivity index (χ2v) is 6.00. The number of ether oxygens (including phenoxy) is 1. The number of carbonyl (C=O) groups is 1. The van der Waals surface area contributed by atoms with E-state index in [1.54, 1.807) is 0 Å². The molecule has 1 heterocycles. The molecule has 1 unspecified atom stereocenters. The van der Waals surface area contributed by atoms with Crippen LogP contribution in [0.4, 0.5) is 0 Å². The highest BCUT2D eigenvalue weighted by Gasteiger charge is 2.37. The van der Waals surface area contributed by atoms with Crippen molar-refractivity contribution in [1.29, 1.82) is 0 Å². The average Bonchev–Trinajstić information content (AvgIpc) is 2.46. The van der Waals surface area contributed by atoms with E-state index in [0.717, 1.165) is 24.8 Å². The molecule has 4 nitrogen and oxygen atoms in total. The van der Waals surface area contributed by atoms with Crippen molar-refractivity contribution >= 4 is 5.91 Å². The summed E-state index contributed by atoms with van der Waals surface area (Å²) in [5.74, 6) is 0.177. The Morgan fingerprint density at radius 3 is 2.75 bits per heavy atom. The Balaban J connectivity index is 1.61. The minimum absolute atomic E-state index is 0.0102. The number of rotatable bonds is 3. The topological polar surface area (TPSA) is 55.6 Å². The molecular formula is C16H22N2O2. The van der Waals surface area contributed by atoms with Gasteiger partial charge in [0.25, 0.3) is 0 Å². The van der Waals surface area contributed by atoms with Gasteiger partial charge in [-0.25, -0.2) is 0 Å². The summed E-state index contributed by atoms with van der Waals surface area (Å²) in [6, 6.07) is 10.1. The van der Waals surface area contributed by atoms with Gasteiger partial charge in [0.2, 0.25) is 5.91 Å². The fraction of sp³-hybridized carbons (Fsp3) is 0.562. The highest BCUT2D eigenvalue weighted by molar-refractivity contribution is 5.77. The van der Waals surface area contributed by atoms with Gasteiger partial charge in [0.05, 0.1) is 13.2 Å². The molecular weight excluding hydrogens is 252 g/mol. The molecule has 1 aliphatic carbocycles. The van der Waals surface area contributed by atoms with Gasteiger partial charge in [-0.15, -0.1) is 0 Å². The average molecular weight is 274 g/mol. The van der Waals surface area contributed by atoms with Gasteiger partial charge in [-0.3, -0.25) is 4.79 Å². The predicted octanol–water partition coefficient (Wildman–Crippen LogP) is 1.86. The third-order valence-electron chi connectivity index (χ3n) is 4.44. The summed E-state index contributed by atoms with van der Waals surface area (Å²) in [7, 11) is 0. The van der Waals surface area contributed by atoms with Crippen LogP contribution >= 0.6 is 0 Å².